The van der Waals surface area contributed by atoms with Crippen molar-refractivity contribution >= 4 is 17.6 Å². The molecule has 0 radical (unpaired) electrons. The average molecular weight is 288 g/mol. The molecule has 0 aliphatic rings. The molecule has 1 aromatic heterocycles. The predicted octanol–water partition coefficient (Wildman–Crippen LogP) is 1.52. The number of nitriles is 1. The highest BCUT2D eigenvalue weighted by atomic mass is 32.2. The molecule has 7 heteroatoms. The van der Waals surface area contributed by atoms with E-state index in [4.69, 9.17) is 15.7 Å². The number of anilines is 1. The summed E-state index contributed by atoms with van der Waals surface area (Å²) in [6, 6.07) is 8.65. The van der Waals surface area contributed by atoms with Crippen LogP contribution in [0.15, 0.2) is 34.2 Å². The largest absolute Gasteiger partial charge is 0.495 e. The number of nitrogen functional groups attached to an aromatic ring is 1. The monoisotopic (exact) mass is 288 g/mol. The number of nitrogens with two attached hydrogens (primary N) is 1. The van der Waals surface area contributed by atoms with Crippen molar-refractivity contribution in [2.45, 2.75) is 10.9 Å². The molecule has 0 aliphatic heterocycles. The smallest absolute Gasteiger partial charge is 0.253 e. The first-order valence-corrected chi connectivity index (χ1v) is 6.67. The SMILES string of the molecule is COc1ccc(CSc2nc(N)cc(=O)[nH]2)cc1C#N. The van der Waals surface area contributed by atoms with Gasteiger partial charge in [0.1, 0.15) is 17.6 Å². The summed E-state index contributed by atoms with van der Waals surface area (Å²) in [6.07, 6.45) is 0. The highest BCUT2D eigenvalue weighted by molar-refractivity contribution is 7.98. The molecule has 0 bridgehead atoms. The van der Waals surface area contributed by atoms with E-state index in [2.05, 4.69) is 16.0 Å². The number of ether oxygens (including phenoxy) is 1. The third kappa shape index (κ3) is 3.30. The van der Waals surface area contributed by atoms with Crippen molar-refractivity contribution in [3.63, 3.8) is 0 Å². The van der Waals surface area contributed by atoms with Crippen LogP contribution in [0.2, 0.25) is 0 Å². The summed E-state index contributed by atoms with van der Waals surface area (Å²) in [5.74, 6) is 1.28. The summed E-state index contributed by atoms with van der Waals surface area (Å²) < 4.78 is 5.08. The van der Waals surface area contributed by atoms with E-state index < -0.39 is 0 Å². The van der Waals surface area contributed by atoms with Gasteiger partial charge >= 0.3 is 0 Å². The van der Waals surface area contributed by atoms with Gasteiger partial charge in [0.25, 0.3) is 5.56 Å². The number of thioether (sulfide) groups is 1. The zero-order chi connectivity index (χ0) is 14.5. The van der Waals surface area contributed by atoms with Gasteiger partial charge in [0.15, 0.2) is 5.16 Å². The van der Waals surface area contributed by atoms with E-state index in [9.17, 15) is 4.79 Å². The standard InChI is InChI=1S/C13H12N4O2S/c1-19-10-3-2-8(4-9(10)6-14)7-20-13-16-11(15)5-12(18)17-13/h2-5H,7H2,1H3,(H3,15,16,17,18). The Labute approximate surface area is 119 Å². The van der Waals surface area contributed by atoms with Crippen LogP contribution in [0.5, 0.6) is 5.75 Å². The summed E-state index contributed by atoms with van der Waals surface area (Å²) in [7, 11) is 1.52. The van der Waals surface area contributed by atoms with Gasteiger partial charge in [-0.25, -0.2) is 4.98 Å². The van der Waals surface area contributed by atoms with E-state index in [0.29, 0.717) is 22.2 Å². The van der Waals surface area contributed by atoms with E-state index in [1.807, 2.05) is 6.07 Å². The molecule has 0 aliphatic carbocycles. The number of methoxy groups -OCH3 is 1. The minimum atomic E-state index is -0.285. The Balaban J connectivity index is 2.15. The van der Waals surface area contributed by atoms with Gasteiger partial charge in [0.05, 0.1) is 12.7 Å². The Morgan fingerprint density at radius 2 is 2.30 bits per heavy atom. The van der Waals surface area contributed by atoms with E-state index in [0.717, 1.165) is 5.56 Å². The number of aromatic nitrogens is 2. The summed E-state index contributed by atoms with van der Waals surface area (Å²) in [4.78, 5) is 17.9. The van der Waals surface area contributed by atoms with Crippen molar-refractivity contribution in [1.82, 2.24) is 9.97 Å². The predicted molar refractivity (Wildman–Crippen MR) is 76.5 cm³/mol. The first-order chi connectivity index (χ1) is 9.62. The molecule has 1 heterocycles. The van der Waals surface area contributed by atoms with Gasteiger partial charge in [-0.3, -0.25) is 4.79 Å². The van der Waals surface area contributed by atoms with Crippen LogP contribution in [-0.2, 0) is 5.75 Å². The molecule has 0 fully saturated rings. The number of aromatic amines is 1. The number of hydrogen-bond donors (Lipinski definition) is 2. The van der Waals surface area contributed by atoms with Crippen LogP contribution < -0.4 is 16.0 Å². The number of rotatable bonds is 4. The highest BCUT2D eigenvalue weighted by Gasteiger charge is 2.05. The molecule has 1 aromatic carbocycles. The molecule has 2 aromatic rings. The first kappa shape index (κ1) is 14.0. The van der Waals surface area contributed by atoms with Crippen molar-refractivity contribution in [3.8, 4) is 11.8 Å². The Kier molecular flexibility index (Phi) is 4.27. The van der Waals surface area contributed by atoms with Crippen LogP contribution in [0, 0.1) is 11.3 Å². The molecule has 20 heavy (non-hydrogen) atoms. The molecule has 0 spiro atoms. The van der Waals surface area contributed by atoms with Gasteiger partial charge in [0.2, 0.25) is 0 Å². The topological polar surface area (TPSA) is 105 Å². The molecule has 2 rings (SSSR count). The average Bonchev–Trinajstić information content (AvgIpc) is 2.43. The van der Waals surface area contributed by atoms with E-state index in [1.54, 1.807) is 12.1 Å². The quantitative estimate of drug-likeness (QED) is 0.653. The second kappa shape index (κ2) is 6.12. The van der Waals surface area contributed by atoms with Crippen molar-refractivity contribution in [2.24, 2.45) is 0 Å². The van der Waals surface area contributed by atoms with Gasteiger partial charge in [0, 0.05) is 11.8 Å². The van der Waals surface area contributed by atoms with Gasteiger partial charge in [-0.1, -0.05) is 17.8 Å². The minimum absolute atomic E-state index is 0.184. The Morgan fingerprint density at radius 1 is 1.50 bits per heavy atom. The van der Waals surface area contributed by atoms with Crippen molar-refractivity contribution in [1.29, 1.82) is 5.26 Å². The van der Waals surface area contributed by atoms with Crippen LogP contribution in [0.4, 0.5) is 5.82 Å². The fraction of sp³-hybridized carbons (Fsp3) is 0.154. The Bertz CT molecular complexity index is 721. The fourth-order valence-corrected chi connectivity index (χ4v) is 2.43. The third-order valence-corrected chi connectivity index (χ3v) is 3.44. The van der Waals surface area contributed by atoms with Crippen molar-refractivity contribution < 1.29 is 4.74 Å². The van der Waals surface area contributed by atoms with Gasteiger partial charge in [-0.2, -0.15) is 5.26 Å². The molecule has 102 valence electrons. The summed E-state index contributed by atoms with van der Waals surface area (Å²) in [5.41, 5.74) is 6.62. The first-order valence-electron chi connectivity index (χ1n) is 5.69. The molecule has 0 amide bonds. The molecule has 0 unspecified atom stereocenters. The lowest BCUT2D eigenvalue weighted by Crippen LogP contribution is -2.09. The lowest BCUT2D eigenvalue weighted by Gasteiger charge is -2.05. The lowest BCUT2D eigenvalue weighted by atomic mass is 10.1. The van der Waals surface area contributed by atoms with Crippen LogP contribution in [0.3, 0.4) is 0 Å². The lowest BCUT2D eigenvalue weighted by molar-refractivity contribution is 0.413. The molecule has 0 saturated heterocycles. The number of nitrogens with zero attached hydrogens (tertiary/aromatic N) is 2. The molecule has 3 N–H and O–H groups in total. The fourth-order valence-electron chi connectivity index (χ4n) is 1.61. The third-order valence-electron chi connectivity index (χ3n) is 2.50. The molecule has 0 saturated carbocycles. The van der Waals surface area contributed by atoms with Gasteiger partial charge in [-0.05, 0) is 17.7 Å². The van der Waals surface area contributed by atoms with Crippen molar-refractivity contribution in [3.05, 3.63) is 45.7 Å². The van der Waals surface area contributed by atoms with Crippen LogP contribution in [0.1, 0.15) is 11.1 Å². The van der Waals surface area contributed by atoms with E-state index in [1.165, 1.54) is 24.9 Å². The minimum Gasteiger partial charge on any atom is -0.495 e. The molecular formula is C13H12N4O2S. The van der Waals surface area contributed by atoms with E-state index in [-0.39, 0.29) is 11.4 Å². The Hall–Kier alpha value is -2.46. The second-order valence-corrected chi connectivity index (χ2v) is 4.87. The normalized spacial score (nSPS) is 10.0. The van der Waals surface area contributed by atoms with Crippen LogP contribution in [0.25, 0.3) is 0 Å². The second-order valence-electron chi connectivity index (χ2n) is 3.91. The van der Waals surface area contributed by atoms with Gasteiger partial charge < -0.3 is 15.5 Å². The number of nitrogens with one attached hydrogen (secondary N) is 1. The van der Waals surface area contributed by atoms with Crippen molar-refractivity contribution in [2.75, 3.05) is 12.8 Å². The molecule has 0 atom stereocenters. The summed E-state index contributed by atoms with van der Waals surface area (Å²) >= 11 is 1.34. The van der Waals surface area contributed by atoms with Gasteiger partial charge in [-0.15, -0.1) is 0 Å². The maximum Gasteiger partial charge on any atom is 0.253 e. The molecule has 6 nitrogen and oxygen atoms in total. The summed E-state index contributed by atoms with van der Waals surface area (Å²) in [6.45, 7) is 0. The zero-order valence-corrected chi connectivity index (χ0v) is 11.5. The van der Waals surface area contributed by atoms with Crippen LogP contribution in [-0.4, -0.2) is 17.1 Å². The molecular weight excluding hydrogens is 276 g/mol. The maximum atomic E-state index is 11.3. The number of H-pyrrole nitrogens is 1. The maximum absolute atomic E-state index is 11.3. The van der Waals surface area contributed by atoms with E-state index >= 15 is 0 Å². The number of benzene rings is 1. The highest BCUT2D eigenvalue weighted by Crippen LogP contribution is 2.23. The zero-order valence-electron chi connectivity index (χ0n) is 10.7. The number of hydrogen-bond acceptors (Lipinski definition) is 6. The summed E-state index contributed by atoms with van der Waals surface area (Å²) in [5, 5.41) is 9.47. The Morgan fingerprint density at radius 3 is 2.95 bits per heavy atom. The van der Waals surface area contributed by atoms with Crippen LogP contribution >= 0.6 is 11.8 Å².